The summed E-state index contributed by atoms with van der Waals surface area (Å²) in [4.78, 5) is 34.4. The van der Waals surface area contributed by atoms with Crippen LogP contribution in [0.4, 0.5) is 0 Å². The van der Waals surface area contributed by atoms with E-state index < -0.39 is 6.04 Å². The lowest BCUT2D eigenvalue weighted by Gasteiger charge is -2.29. The highest BCUT2D eigenvalue weighted by atomic mass is 35.5. The quantitative estimate of drug-likeness (QED) is 0.456. The number of aromatic nitrogens is 1. The first-order chi connectivity index (χ1) is 17.2. The number of carbonyl (C=O) groups is 1. The van der Waals surface area contributed by atoms with Crippen molar-refractivity contribution in [1.82, 2.24) is 9.47 Å². The van der Waals surface area contributed by atoms with E-state index in [9.17, 15) is 9.59 Å². The Morgan fingerprint density at radius 3 is 2.36 bits per heavy atom. The standard InChI is InChI=1S/C28H30ClN3O3S/c1-6-31(7-2)27(34)24-18(5)30-28-32(25(24)20-10-12-21(29)13-11-20)26(33)23(36-28)16-19-8-14-22(15-9-19)35-17(3)4/h8-17,25H,6-7H2,1-5H3/b23-16+/t25-/m1/s1. The van der Waals surface area contributed by atoms with Crippen LogP contribution in [0, 0.1) is 0 Å². The highest BCUT2D eigenvalue weighted by Gasteiger charge is 2.34. The van der Waals surface area contributed by atoms with Gasteiger partial charge >= 0.3 is 0 Å². The van der Waals surface area contributed by atoms with Crippen LogP contribution in [0.25, 0.3) is 6.08 Å². The molecule has 1 aliphatic rings. The Morgan fingerprint density at radius 2 is 1.78 bits per heavy atom. The lowest BCUT2D eigenvalue weighted by atomic mass is 9.94. The van der Waals surface area contributed by atoms with Gasteiger partial charge in [-0.1, -0.05) is 47.2 Å². The van der Waals surface area contributed by atoms with E-state index in [0.717, 1.165) is 16.9 Å². The molecule has 0 bridgehead atoms. The molecule has 1 aliphatic heterocycles. The number of likely N-dealkylation sites (N-methyl/N-ethyl adjacent to an activating group) is 1. The third-order valence-corrected chi connectivity index (χ3v) is 7.27. The van der Waals surface area contributed by atoms with Crippen LogP contribution in [0.2, 0.25) is 5.02 Å². The van der Waals surface area contributed by atoms with E-state index in [2.05, 4.69) is 0 Å². The molecule has 0 N–H and O–H groups in total. The average molecular weight is 524 g/mol. The first kappa shape index (κ1) is 25.9. The van der Waals surface area contributed by atoms with Gasteiger partial charge in [-0.15, -0.1) is 0 Å². The molecule has 0 spiro atoms. The number of nitrogens with zero attached hydrogens (tertiary/aromatic N) is 3. The van der Waals surface area contributed by atoms with Crippen molar-refractivity contribution in [3.05, 3.63) is 95.6 Å². The van der Waals surface area contributed by atoms with Crippen LogP contribution in [0.1, 0.15) is 51.8 Å². The van der Waals surface area contributed by atoms with Crippen molar-refractivity contribution in [3.8, 4) is 5.75 Å². The first-order valence-electron chi connectivity index (χ1n) is 12.1. The number of hydrogen-bond donors (Lipinski definition) is 0. The highest BCUT2D eigenvalue weighted by molar-refractivity contribution is 7.07. The number of halogens is 1. The fourth-order valence-electron chi connectivity index (χ4n) is 4.30. The molecular weight excluding hydrogens is 494 g/mol. The van der Waals surface area contributed by atoms with Gasteiger partial charge < -0.3 is 9.64 Å². The third-order valence-electron chi connectivity index (χ3n) is 6.04. The van der Waals surface area contributed by atoms with E-state index >= 15 is 0 Å². The largest absolute Gasteiger partial charge is 0.491 e. The van der Waals surface area contributed by atoms with E-state index in [1.165, 1.54) is 11.3 Å². The second-order valence-electron chi connectivity index (χ2n) is 8.85. The molecule has 2 aromatic carbocycles. The monoisotopic (exact) mass is 523 g/mol. The van der Waals surface area contributed by atoms with Crippen LogP contribution >= 0.6 is 22.9 Å². The average Bonchev–Trinajstić information content (AvgIpc) is 3.14. The molecule has 4 rings (SSSR count). The molecule has 2 heterocycles. The molecule has 8 heteroatoms. The predicted octanol–water partition coefficient (Wildman–Crippen LogP) is 4.54. The van der Waals surface area contributed by atoms with Crippen LogP contribution in [0.5, 0.6) is 5.75 Å². The van der Waals surface area contributed by atoms with Gasteiger partial charge in [0.2, 0.25) is 0 Å². The van der Waals surface area contributed by atoms with Crippen molar-refractivity contribution in [2.45, 2.75) is 46.8 Å². The Bertz CT molecular complexity index is 1460. The summed E-state index contributed by atoms with van der Waals surface area (Å²) in [5.74, 6) is 0.665. The summed E-state index contributed by atoms with van der Waals surface area (Å²) in [6, 6.07) is 14.3. The Kier molecular flexibility index (Phi) is 7.81. The third kappa shape index (κ3) is 5.18. The summed E-state index contributed by atoms with van der Waals surface area (Å²) in [7, 11) is 0. The maximum absolute atomic E-state index is 13.7. The van der Waals surface area contributed by atoms with Crippen LogP contribution in [-0.2, 0) is 4.79 Å². The van der Waals surface area contributed by atoms with Gasteiger partial charge in [0.15, 0.2) is 4.80 Å². The minimum Gasteiger partial charge on any atom is -0.491 e. The minimum atomic E-state index is -0.587. The first-order valence-corrected chi connectivity index (χ1v) is 13.3. The molecule has 0 radical (unpaired) electrons. The van der Waals surface area contributed by atoms with Crippen LogP contribution in [-0.4, -0.2) is 34.6 Å². The number of fused-ring (bicyclic) bond motifs is 1. The molecule has 3 aromatic rings. The van der Waals surface area contributed by atoms with Crippen molar-refractivity contribution >= 4 is 34.9 Å². The number of amides is 1. The zero-order chi connectivity index (χ0) is 26.0. The molecule has 0 aliphatic carbocycles. The highest BCUT2D eigenvalue weighted by Crippen LogP contribution is 2.31. The van der Waals surface area contributed by atoms with Crippen LogP contribution < -0.4 is 19.6 Å². The fraction of sp³-hybridized carbons (Fsp3) is 0.321. The summed E-state index contributed by atoms with van der Waals surface area (Å²) in [5.41, 5.74) is 2.64. The van der Waals surface area contributed by atoms with Gasteiger partial charge in [0.05, 0.1) is 27.9 Å². The van der Waals surface area contributed by atoms with Gasteiger partial charge in [0.1, 0.15) is 5.75 Å². The summed E-state index contributed by atoms with van der Waals surface area (Å²) < 4.78 is 7.91. The Balaban J connectivity index is 1.87. The lowest BCUT2D eigenvalue weighted by Crippen LogP contribution is -2.43. The molecule has 1 amide bonds. The smallest absolute Gasteiger partial charge is 0.271 e. The number of rotatable bonds is 7. The maximum Gasteiger partial charge on any atom is 0.271 e. The van der Waals surface area contributed by atoms with E-state index in [1.54, 1.807) is 21.6 Å². The predicted molar refractivity (Wildman–Crippen MR) is 145 cm³/mol. The number of allylic oxidation sites excluding steroid dienone is 1. The molecule has 36 heavy (non-hydrogen) atoms. The summed E-state index contributed by atoms with van der Waals surface area (Å²) in [6.07, 6.45) is 1.94. The Morgan fingerprint density at radius 1 is 1.14 bits per heavy atom. The number of ether oxygens (including phenoxy) is 1. The van der Waals surface area contributed by atoms with Crippen LogP contribution in [0.3, 0.4) is 0 Å². The van der Waals surface area contributed by atoms with E-state index in [0.29, 0.717) is 38.7 Å². The van der Waals surface area contributed by atoms with Crippen molar-refractivity contribution in [2.24, 2.45) is 4.99 Å². The fourth-order valence-corrected chi connectivity index (χ4v) is 5.48. The number of thiazole rings is 1. The Hall–Kier alpha value is -3.16. The molecule has 188 valence electrons. The molecule has 6 nitrogen and oxygen atoms in total. The van der Waals surface area contributed by atoms with Gasteiger partial charge in [0, 0.05) is 18.1 Å². The second-order valence-corrected chi connectivity index (χ2v) is 10.3. The minimum absolute atomic E-state index is 0.0869. The van der Waals surface area contributed by atoms with E-state index in [1.807, 2.05) is 77.1 Å². The number of hydrogen-bond acceptors (Lipinski definition) is 5. The van der Waals surface area contributed by atoms with Crippen molar-refractivity contribution < 1.29 is 9.53 Å². The zero-order valence-corrected chi connectivity index (χ0v) is 22.7. The molecule has 0 saturated carbocycles. The summed E-state index contributed by atoms with van der Waals surface area (Å²) in [5, 5.41) is 0.591. The molecule has 0 unspecified atom stereocenters. The normalized spacial score (nSPS) is 15.6. The van der Waals surface area contributed by atoms with Gasteiger partial charge in [0.25, 0.3) is 11.5 Å². The lowest BCUT2D eigenvalue weighted by molar-refractivity contribution is -0.127. The van der Waals surface area contributed by atoms with Gasteiger partial charge in [-0.2, -0.15) is 0 Å². The summed E-state index contributed by atoms with van der Waals surface area (Å²) >= 11 is 7.47. The molecule has 0 fully saturated rings. The number of benzene rings is 2. The van der Waals surface area contributed by atoms with Gasteiger partial charge in [-0.3, -0.25) is 14.2 Å². The topological polar surface area (TPSA) is 63.9 Å². The van der Waals surface area contributed by atoms with Crippen molar-refractivity contribution in [1.29, 1.82) is 0 Å². The molecular formula is C28H30ClN3O3S. The SMILES string of the molecule is CCN(CC)C(=O)C1=C(C)N=c2s/c(=C/c3ccc(OC(C)C)cc3)c(=O)n2[C@@H]1c1ccc(Cl)cc1. The summed E-state index contributed by atoms with van der Waals surface area (Å²) in [6.45, 7) is 10.8. The van der Waals surface area contributed by atoms with Gasteiger partial charge in [-0.25, -0.2) is 4.99 Å². The van der Waals surface area contributed by atoms with Crippen molar-refractivity contribution in [3.63, 3.8) is 0 Å². The maximum atomic E-state index is 13.7. The Labute approximate surface area is 219 Å². The number of carbonyl (C=O) groups excluding carboxylic acids is 1. The van der Waals surface area contributed by atoms with E-state index in [-0.39, 0.29) is 17.6 Å². The second kappa shape index (κ2) is 10.8. The molecule has 1 aromatic heterocycles. The molecule has 1 atom stereocenters. The molecule has 0 saturated heterocycles. The zero-order valence-electron chi connectivity index (χ0n) is 21.1. The van der Waals surface area contributed by atoms with Gasteiger partial charge in [-0.05, 0) is 76.1 Å². The van der Waals surface area contributed by atoms with Crippen LogP contribution in [0.15, 0.2) is 69.6 Å². The van der Waals surface area contributed by atoms with E-state index in [4.69, 9.17) is 21.3 Å². The van der Waals surface area contributed by atoms with Crippen molar-refractivity contribution in [2.75, 3.05) is 13.1 Å².